The van der Waals surface area contributed by atoms with Crippen LogP contribution in [-0.2, 0) is 11.2 Å². The Kier molecular flexibility index (Phi) is 7.16. The fourth-order valence-corrected chi connectivity index (χ4v) is 2.57. The Morgan fingerprint density at radius 3 is 2.48 bits per heavy atom. The smallest absolute Gasteiger partial charge is 0.308 e. The van der Waals surface area contributed by atoms with Crippen molar-refractivity contribution in [2.45, 2.75) is 13.3 Å². The summed E-state index contributed by atoms with van der Waals surface area (Å²) in [5.41, 5.74) is 0.604. The quantitative estimate of drug-likeness (QED) is 0.704. The predicted octanol–water partition coefficient (Wildman–Crippen LogP) is 2.91. The van der Waals surface area contributed by atoms with Gasteiger partial charge in [-0.3, -0.25) is 9.59 Å². The van der Waals surface area contributed by atoms with Crippen molar-refractivity contribution in [2.24, 2.45) is 5.92 Å². The number of rotatable bonds is 9. The molecule has 1 unspecified atom stereocenters. The van der Waals surface area contributed by atoms with Crippen molar-refractivity contribution in [1.29, 1.82) is 0 Å². The van der Waals surface area contributed by atoms with Gasteiger partial charge in [0.25, 0.3) is 5.91 Å². The third kappa shape index (κ3) is 5.44. The minimum atomic E-state index is -1.05. The first-order valence-electron chi connectivity index (χ1n) is 8.51. The van der Waals surface area contributed by atoms with E-state index in [1.807, 2.05) is 6.92 Å². The Morgan fingerprint density at radius 1 is 1.19 bits per heavy atom. The summed E-state index contributed by atoms with van der Waals surface area (Å²) in [5, 5.41) is 11.9. The van der Waals surface area contributed by atoms with Crippen LogP contribution < -0.4 is 14.8 Å². The molecule has 0 saturated carbocycles. The van der Waals surface area contributed by atoms with E-state index in [9.17, 15) is 19.1 Å². The van der Waals surface area contributed by atoms with Gasteiger partial charge in [-0.2, -0.15) is 0 Å². The monoisotopic (exact) mass is 375 g/mol. The van der Waals surface area contributed by atoms with Gasteiger partial charge in [-0.05, 0) is 43.2 Å². The van der Waals surface area contributed by atoms with E-state index in [0.29, 0.717) is 12.4 Å². The molecule has 0 aromatic heterocycles. The Morgan fingerprint density at radius 2 is 1.89 bits per heavy atom. The molecular formula is C20H22FNO5. The Balaban J connectivity index is 2.02. The zero-order chi connectivity index (χ0) is 19.8. The van der Waals surface area contributed by atoms with E-state index in [1.54, 1.807) is 24.3 Å². The first kappa shape index (κ1) is 20.2. The Labute approximate surface area is 156 Å². The summed E-state index contributed by atoms with van der Waals surface area (Å²) in [6.45, 7) is 2.30. The normalized spacial score (nSPS) is 11.5. The summed E-state index contributed by atoms with van der Waals surface area (Å²) < 4.78 is 24.3. The van der Waals surface area contributed by atoms with Crippen molar-refractivity contribution in [1.82, 2.24) is 5.32 Å². The second-order valence-electron chi connectivity index (χ2n) is 5.85. The van der Waals surface area contributed by atoms with Crippen molar-refractivity contribution in [3.63, 3.8) is 0 Å². The molecule has 0 aliphatic heterocycles. The van der Waals surface area contributed by atoms with Crippen molar-refractivity contribution in [3.05, 3.63) is 59.4 Å². The lowest BCUT2D eigenvalue weighted by molar-refractivity contribution is -0.141. The number of aliphatic carboxylic acids is 1. The average Bonchev–Trinajstić information content (AvgIpc) is 2.66. The third-order valence-corrected chi connectivity index (χ3v) is 4.00. The number of nitrogens with one attached hydrogen (secondary N) is 1. The van der Waals surface area contributed by atoms with E-state index in [-0.39, 0.29) is 24.3 Å². The van der Waals surface area contributed by atoms with Crippen LogP contribution in [0.15, 0.2) is 42.5 Å². The minimum absolute atomic E-state index is 0.0492. The highest BCUT2D eigenvalue weighted by Gasteiger charge is 2.21. The van der Waals surface area contributed by atoms with E-state index in [0.717, 1.165) is 5.56 Å². The number of methoxy groups -OCH3 is 1. The van der Waals surface area contributed by atoms with Crippen molar-refractivity contribution in [3.8, 4) is 11.5 Å². The molecule has 0 heterocycles. The van der Waals surface area contributed by atoms with E-state index in [2.05, 4.69) is 5.32 Å². The fraction of sp³-hybridized carbons (Fsp3) is 0.300. The zero-order valence-electron chi connectivity index (χ0n) is 15.2. The molecule has 0 bridgehead atoms. The van der Waals surface area contributed by atoms with Crippen LogP contribution in [0.4, 0.5) is 4.39 Å². The second kappa shape index (κ2) is 9.56. The molecule has 2 aromatic rings. The molecule has 6 nitrogen and oxygen atoms in total. The highest BCUT2D eigenvalue weighted by atomic mass is 19.1. The van der Waals surface area contributed by atoms with E-state index >= 15 is 0 Å². The van der Waals surface area contributed by atoms with Crippen LogP contribution in [0.3, 0.4) is 0 Å². The molecule has 0 fully saturated rings. The number of amides is 1. The van der Waals surface area contributed by atoms with Crippen molar-refractivity contribution >= 4 is 11.9 Å². The molecular weight excluding hydrogens is 353 g/mol. The molecule has 27 heavy (non-hydrogen) atoms. The SMILES string of the molecule is CCOc1ccc(CC(CNC(=O)c2cccc(OC)c2F)C(=O)O)cc1. The van der Waals surface area contributed by atoms with Gasteiger partial charge in [0.1, 0.15) is 5.75 Å². The van der Waals surface area contributed by atoms with Gasteiger partial charge in [0, 0.05) is 6.54 Å². The molecule has 2 aromatic carbocycles. The number of ether oxygens (including phenoxy) is 2. The molecule has 0 radical (unpaired) electrons. The number of carbonyl (C=O) groups excluding carboxylic acids is 1. The Bertz CT molecular complexity index is 791. The molecule has 1 atom stereocenters. The summed E-state index contributed by atoms with van der Waals surface area (Å²) in [6.07, 6.45) is 0.225. The van der Waals surface area contributed by atoms with Gasteiger partial charge in [0.15, 0.2) is 11.6 Å². The molecule has 0 aliphatic carbocycles. The maximum Gasteiger partial charge on any atom is 0.308 e. The number of hydrogen-bond donors (Lipinski definition) is 2. The summed E-state index contributed by atoms with van der Waals surface area (Å²) in [6, 6.07) is 11.3. The number of carbonyl (C=O) groups is 2. The lowest BCUT2D eigenvalue weighted by Gasteiger charge is -2.14. The Hall–Kier alpha value is -3.09. The number of hydrogen-bond acceptors (Lipinski definition) is 4. The minimum Gasteiger partial charge on any atom is -0.494 e. The zero-order valence-corrected chi connectivity index (χ0v) is 15.2. The molecule has 1 amide bonds. The van der Waals surface area contributed by atoms with Gasteiger partial charge in [-0.15, -0.1) is 0 Å². The summed E-state index contributed by atoms with van der Waals surface area (Å²) >= 11 is 0. The van der Waals surface area contributed by atoms with Crippen LogP contribution in [0.1, 0.15) is 22.8 Å². The summed E-state index contributed by atoms with van der Waals surface area (Å²) in [4.78, 5) is 23.7. The van der Waals surface area contributed by atoms with Crippen molar-refractivity contribution < 1.29 is 28.6 Å². The molecule has 2 N–H and O–H groups in total. The largest absolute Gasteiger partial charge is 0.494 e. The van der Waals surface area contributed by atoms with Gasteiger partial charge in [-0.25, -0.2) is 4.39 Å². The molecule has 0 aliphatic rings. The molecule has 2 rings (SSSR count). The number of benzene rings is 2. The van der Waals surface area contributed by atoms with Crippen LogP contribution in [0, 0.1) is 11.7 Å². The topological polar surface area (TPSA) is 84.9 Å². The number of halogens is 1. The molecule has 7 heteroatoms. The van der Waals surface area contributed by atoms with E-state index in [4.69, 9.17) is 9.47 Å². The van der Waals surface area contributed by atoms with E-state index in [1.165, 1.54) is 25.3 Å². The maximum atomic E-state index is 14.1. The molecule has 0 saturated heterocycles. The van der Waals surface area contributed by atoms with Gasteiger partial charge in [0.2, 0.25) is 0 Å². The van der Waals surface area contributed by atoms with Gasteiger partial charge < -0.3 is 19.9 Å². The first-order chi connectivity index (χ1) is 13.0. The second-order valence-corrected chi connectivity index (χ2v) is 5.85. The van der Waals surface area contributed by atoms with Crippen LogP contribution >= 0.6 is 0 Å². The fourth-order valence-electron chi connectivity index (χ4n) is 2.57. The highest BCUT2D eigenvalue weighted by Crippen LogP contribution is 2.20. The van der Waals surface area contributed by atoms with E-state index < -0.39 is 23.6 Å². The highest BCUT2D eigenvalue weighted by molar-refractivity contribution is 5.95. The van der Waals surface area contributed by atoms with Crippen molar-refractivity contribution in [2.75, 3.05) is 20.3 Å². The standard InChI is InChI=1S/C20H22FNO5/c1-3-27-15-9-7-13(8-10-15)11-14(20(24)25)12-22-19(23)16-5-4-6-17(26-2)18(16)21/h4-10,14H,3,11-12H2,1-2H3,(H,22,23)(H,24,25). The summed E-state index contributed by atoms with van der Waals surface area (Å²) in [7, 11) is 1.30. The average molecular weight is 375 g/mol. The van der Waals surface area contributed by atoms with Gasteiger partial charge in [-0.1, -0.05) is 18.2 Å². The lowest BCUT2D eigenvalue weighted by atomic mass is 9.99. The predicted molar refractivity (Wildman–Crippen MR) is 97.7 cm³/mol. The number of carboxylic acids is 1. The molecule has 0 spiro atoms. The maximum absolute atomic E-state index is 14.1. The van der Waals surface area contributed by atoms with Crippen LogP contribution in [0.5, 0.6) is 11.5 Å². The molecule has 144 valence electrons. The lowest BCUT2D eigenvalue weighted by Crippen LogP contribution is -2.34. The summed E-state index contributed by atoms with van der Waals surface area (Å²) in [5.74, 6) is -2.71. The number of carboxylic acid groups (broad SMARTS) is 1. The van der Waals surface area contributed by atoms with Gasteiger partial charge >= 0.3 is 5.97 Å². The third-order valence-electron chi connectivity index (χ3n) is 4.00. The van der Waals surface area contributed by atoms with Crippen LogP contribution in [0.2, 0.25) is 0 Å². The first-order valence-corrected chi connectivity index (χ1v) is 8.51. The van der Waals surface area contributed by atoms with Crippen LogP contribution in [-0.4, -0.2) is 37.2 Å². The van der Waals surface area contributed by atoms with Crippen LogP contribution in [0.25, 0.3) is 0 Å². The van der Waals surface area contributed by atoms with Gasteiger partial charge in [0.05, 0.1) is 25.2 Å².